The second-order valence-corrected chi connectivity index (χ2v) is 8.67. The van der Waals surface area contributed by atoms with E-state index in [0.717, 1.165) is 11.8 Å². The van der Waals surface area contributed by atoms with Crippen LogP contribution in [0, 0.1) is 16.0 Å². The minimum Gasteiger partial charge on any atom is -0.478 e. The first-order valence-corrected chi connectivity index (χ1v) is 11.4. The van der Waals surface area contributed by atoms with Gasteiger partial charge in [-0.2, -0.15) is 0 Å². The number of carboxylic acid groups (broad SMARTS) is 1. The molecule has 0 radical (unpaired) electrons. The van der Waals surface area contributed by atoms with Gasteiger partial charge in [0.05, 0.1) is 22.3 Å². The van der Waals surface area contributed by atoms with Crippen molar-refractivity contribution in [2.24, 2.45) is 5.92 Å². The molecule has 0 aliphatic heterocycles. The van der Waals surface area contributed by atoms with Crippen LogP contribution in [0.4, 0.5) is 11.4 Å². The molecular formula is C22H22N6O6S. The van der Waals surface area contributed by atoms with Crippen LogP contribution in [0.25, 0.3) is 0 Å². The van der Waals surface area contributed by atoms with Gasteiger partial charge < -0.3 is 15.7 Å². The average Bonchev–Trinajstić information content (AvgIpc) is 3.30. The molecule has 0 unspecified atom stereocenters. The van der Waals surface area contributed by atoms with E-state index in [0.29, 0.717) is 16.7 Å². The minimum atomic E-state index is -1.06. The van der Waals surface area contributed by atoms with Gasteiger partial charge in [-0.05, 0) is 36.2 Å². The maximum atomic E-state index is 12.7. The van der Waals surface area contributed by atoms with Crippen LogP contribution in [0.5, 0.6) is 0 Å². The van der Waals surface area contributed by atoms with E-state index in [9.17, 15) is 24.5 Å². The van der Waals surface area contributed by atoms with E-state index in [2.05, 4.69) is 25.8 Å². The van der Waals surface area contributed by atoms with Crippen LogP contribution < -0.4 is 10.6 Å². The summed E-state index contributed by atoms with van der Waals surface area (Å²) in [6.45, 7) is 3.74. The number of anilines is 1. The molecule has 0 aliphatic rings. The molecule has 1 atom stereocenters. The standard InChI is InChI=1S/C22H22N6O6S/c1-12(2)18(24-20(30)14-4-3-5-16(10-14)28(33)34)19-25-22(27-26-19)35-11-17(29)23-15-8-6-13(7-9-15)21(31)32/h3-10,12,18H,11H2,1-2H3,(H,23,29)(H,24,30)(H,31,32)(H,25,26,27)/t18-/m0/s1. The van der Waals surface area contributed by atoms with Crippen LogP contribution in [-0.4, -0.2) is 48.7 Å². The van der Waals surface area contributed by atoms with Crippen molar-refractivity contribution in [2.45, 2.75) is 25.0 Å². The fraction of sp³-hybridized carbons (Fsp3) is 0.227. The van der Waals surface area contributed by atoms with E-state index in [1.807, 2.05) is 13.8 Å². The molecule has 0 fully saturated rings. The van der Waals surface area contributed by atoms with Crippen molar-refractivity contribution >= 4 is 40.9 Å². The number of aromatic carboxylic acids is 1. The number of hydrogen-bond donors (Lipinski definition) is 4. The number of nitro benzene ring substituents is 1. The number of carboxylic acids is 1. The van der Waals surface area contributed by atoms with Crippen molar-refractivity contribution in [3.05, 3.63) is 75.6 Å². The summed E-state index contributed by atoms with van der Waals surface area (Å²) in [5, 5.41) is 32.5. The van der Waals surface area contributed by atoms with E-state index in [1.165, 1.54) is 48.5 Å². The summed E-state index contributed by atoms with van der Waals surface area (Å²) < 4.78 is 0. The number of aromatic amines is 1. The van der Waals surface area contributed by atoms with Crippen LogP contribution in [-0.2, 0) is 4.79 Å². The molecule has 0 bridgehead atoms. The van der Waals surface area contributed by atoms with Crippen LogP contribution in [0.15, 0.2) is 53.7 Å². The number of amides is 2. The van der Waals surface area contributed by atoms with Gasteiger partial charge in [0.25, 0.3) is 11.6 Å². The molecule has 0 saturated heterocycles. The molecule has 13 heteroatoms. The molecule has 12 nitrogen and oxygen atoms in total. The van der Waals surface area contributed by atoms with E-state index >= 15 is 0 Å². The number of non-ortho nitro benzene ring substituents is 1. The highest BCUT2D eigenvalue weighted by Crippen LogP contribution is 2.23. The Labute approximate surface area is 203 Å². The smallest absolute Gasteiger partial charge is 0.335 e. The van der Waals surface area contributed by atoms with Crippen molar-refractivity contribution < 1.29 is 24.4 Å². The number of nitro groups is 1. The SMILES string of the molecule is CC(C)[C@H](NC(=O)c1cccc([N+](=O)[O-])c1)c1nc(SCC(=O)Nc2ccc(C(=O)O)cc2)n[nH]1. The van der Waals surface area contributed by atoms with Crippen molar-refractivity contribution in [1.82, 2.24) is 20.5 Å². The fourth-order valence-corrected chi connectivity index (χ4v) is 3.63. The number of carbonyl (C=O) groups is 3. The highest BCUT2D eigenvalue weighted by Gasteiger charge is 2.24. The van der Waals surface area contributed by atoms with E-state index in [1.54, 1.807) is 0 Å². The van der Waals surface area contributed by atoms with Crippen LogP contribution >= 0.6 is 11.8 Å². The second-order valence-electron chi connectivity index (χ2n) is 7.73. The summed E-state index contributed by atoms with van der Waals surface area (Å²) in [5.41, 5.74) is 0.531. The summed E-state index contributed by atoms with van der Waals surface area (Å²) >= 11 is 1.08. The van der Waals surface area contributed by atoms with Crippen LogP contribution in [0.1, 0.15) is 46.4 Å². The maximum absolute atomic E-state index is 12.7. The van der Waals surface area contributed by atoms with Crippen molar-refractivity contribution in [1.29, 1.82) is 0 Å². The normalized spacial score (nSPS) is 11.6. The van der Waals surface area contributed by atoms with Crippen molar-refractivity contribution in [2.75, 3.05) is 11.1 Å². The number of benzene rings is 2. The molecule has 1 heterocycles. The Morgan fingerprint density at radius 3 is 2.49 bits per heavy atom. The Morgan fingerprint density at radius 1 is 1.14 bits per heavy atom. The van der Waals surface area contributed by atoms with Gasteiger partial charge in [0.15, 0.2) is 0 Å². The Hall–Kier alpha value is -4.26. The number of hydrogen-bond acceptors (Lipinski definition) is 8. The Kier molecular flexibility index (Phi) is 8.15. The molecule has 1 aromatic heterocycles. The lowest BCUT2D eigenvalue weighted by atomic mass is 10.0. The number of aromatic nitrogens is 3. The van der Waals surface area contributed by atoms with E-state index in [4.69, 9.17) is 5.11 Å². The van der Waals surface area contributed by atoms with Gasteiger partial charge >= 0.3 is 5.97 Å². The van der Waals surface area contributed by atoms with Crippen LogP contribution in [0.3, 0.4) is 0 Å². The molecule has 3 rings (SSSR count). The third kappa shape index (κ3) is 6.86. The summed E-state index contributed by atoms with van der Waals surface area (Å²) in [6.07, 6.45) is 0. The number of nitrogens with one attached hydrogen (secondary N) is 3. The summed E-state index contributed by atoms with van der Waals surface area (Å²) in [7, 11) is 0. The monoisotopic (exact) mass is 498 g/mol. The zero-order valence-corrected chi connectivity index (χ0v) is 19.5. The quantitative estimate of drug-likeness (QED) is 0.185. The third-order valence-corrected chi connectivity index (χ3v) is 5.64. The lowest BCUT2D eigenvalue weighted by Gasteiger charge is -2.19. The first kappa shape index (κ1) is 25.4. The average molecular weight is 499 g/mol. The molecule has 35 heavy (non-hydrogen) atoms. The predicted octanol–water partition coefficient (Wildman–Crippen LogP) is 3.27. The summed E-state index contributed by atoms with van der Waals surface area (Å²) in [6, 6.07) is 10.6. The first-order valence-electron chi connectivity index (χ1n) is 10.4. The number of thioether (sulfide) groups is 1. The lowest BCUT2D eigenvalue weighted by Crippen LogP contribution is -2.32. The fourth-order valence-electron chi connectivity index (χ4n) is 3.02. The van der Waals surface area contributed by atoms with Gasteiger partial charge in [0.2, 0.25) is 11.1 Å². The lowest BCUT2D eigenvalue weighted by molar-refractivity contribution is -0.384. The zero-order valence-electron chi connectivity index (χ0n) is 18.7. The molecule has 3 aromatic rings. The largest absolute Gasteiger partial charge is 0.478 e. The summed E-state index contributed by atoms with van der Waals surface area (Å²) in [5.74, 6) is -1.58. The van der Waals surface area contributed by atoms with Gasteiger partial charge in [0.1, 0.15) is 5.82 Å². The molecule has 0 aliphatic carbocycles. The van der Waals surface area contributed by atoms with Crippen LogP contribution in [0.2, 0.25) is 0 Å². The molecule has 0 spiro atoms. The van der Waals surface area contributed by atoms with Gasteiger partial charge in [-0.1, -0.05) is 31.7 Å². The highest BCUT2D eigenvalue weighted by molar-refractivity contribution is 7.99. The number of nitrogens with zero attached hydrogens (tertiary/aromatic N) is 3. The molecule has 2 amide bonds. The number of carbonyl (C=O) groups excluding carboxylic acids is 2. The van der Waals surface area contributed by atoms with Gasteiger partial charge in [0, 0.05) is 23.4 Å². The maximum Gasteiger partial charge on any atom is 0.335 e. The second kappa shape index (κ2) is 11.2. The first-order chi connectivity index (χ1) is 16.6. The van der Waals surface area contributed by atoms with Gasteiger partial charge in [-0.3, -0.25) is 24.8 Å². The molecule has 182 valence electrons. The summed E-state index contributed by atoms with van der Waals surface area (Å²) in [4.78, 5) is 50.6. The molecule has 0 saturated carbocycles. The predicted molar refractivity (Wildman–Crippen MR) is 127 cm³/mol. The van der Waals surface area contributed by atoms with Gasteiger partial charge in [-0.15, -0.1) is 5.10 Å². The minimum absolute atomic E-state index is 0.00433. The Bertz CT molecular complexity index is 1240. The molecule has 4 N–H and O–H groups in total. The Morgan fingerprint density at radius 2 is 1.86 bits per heavy atom. The number of H-pyrrole nitrogens is 1. The highest BCUT2D eigenvalue weighted by atomic mass is 32.2. The number of rotatable bonds is 10. The van der Waals surface area contributed by atoms with Crippen molar-refractivity contribution in [3.8, 4) is 0 Å². The Balaban J connectivity index is 1.60. The third-order valence-electron chi connectivity index (χ3n) is 4.80. The van der Waals surface area contributed by atoms with Crippen molar-refractivity contribution in [3.63, 3.8) is 0 Å². The molecule has 2 aromatic carbocycles. The molecular weight excluding hydrogens is 476 g/mol. The van der Waals surface area contributed by atoms with E-state index in [-0.39, 0.29) is 34.4 Å². The zero-order chi connectivity index (χ0) is 25.5. The topological polar surface area (TPSA) is 180 Å². The van der Waals surface area contributed by atoms with Gasteiger partial charge in [-0.25, -0.2) is 9.78 Å². The van der Waals surface area contributed by atoms with E-state index < -0.39 is 22.8 Å².